The first-order chi connectivity index (χ1) is 13.7. The lowest BCUT2D eigenvalue weighted by Gasteiger charge is -2.21. The molecular formula is C22H22N4O2. The molecule has 0 radical (unpaired) electrons. The third-order valence-electron chi connectivity index (χ3n) is 4.82. The molecule has 2 aromatic heterocycles. The Kier molecular flexibility index (Phi) is 5.19. The predicted molar refractivity (Wildman–Crippen MR) is 107 cm³/mol. The summed E-state index contributed by atoms with van der Waals surface area (Å²) < 4.78 is 5.69. The lowest BCUT2D eigenvalue weighted by atomic mass is 10.1. The second-order valence-corrected chi connectivity index (χ2v) is 6.82. The van der Waals surface area contributed by atoms with Gasteiger partial charge in [0.1, 0.15) is 17.3 Å². The molecule has 3 aromatic rings. The van der Waals surface area contributed by atoms with E-state index >= 15 is 0 Å². The van der Waals surface area contributed by atoms with Crippen LogP contribution in [0.25, 0.3) is 0 Å². The van der Waals surface area contributed by atoms with Gasteiger partial charge in [0.2, 0.25) is 0 Å². The van der Waals surface area contributed by atoms with Crippen LogP contribution in [-0.4, -0.2) is 27.4 Å². The van der Waals surface area contributed by atoms with E-state index in [-0.39, 0.29) is 12.5 Å². The van der Waals surface area contributed by atoms with Gasteiger partial charge in [0.15, 0.2) is 6.61 Å². The van der Waals surface area contributed by atoms with Crippen LogP contribution in [0.1, 0.15) is 22.4 Å². The van der Waals surface area contributed by atoms with Crippen LogP contribution in [-0.2, 0) is 24.4 Å². The van der Waals surface area contributed by atoms with E-state index in [2.05, 4.69) is 29.4 Å². The second-order valence-electron chi connectivity index (χ2n) is 6.82. The molecular weight excluding hydrogens is 352 g/mol. The Morgan fingerprint density at radius 1 is 1.11 bits per heavy atom. The van der Waals surface area contributed by atoms with E-state index in [1.165, 1.54) is 5.56 Å². The summed E-state index contributed by atoms with van der Waals surface area (Å²) in [6, 6.07) is 15.8. The smallest absolute Gasteiger partial charge is 0.261 e. The molecule has 1 amide bonds. The molecule has 1 aliphatic heterocycles. The summed E-state index contributed by atoms with van der Waals surface area (Å²) in [5.41, 5.74) is 4.19. The molecule has 0 unspecified atom stereocenters. The average molecular weight is 374 g/mol. The Labute approximate surface area is 164 Å². The van der Waals surface area contributed by atoms with Gasteiger partial charge >= 0.3 is 0 Å². The van der Waals surface area contributed by atoms with Gasteiger partial charge in [-0.1, -0.05) is 24.3 Å². The Morgan fingerprint density at radius 3 is 2.75 bits per heavy atom. The van der Waals surface area contributed by atoms with Crippen molar-refractivity contribution < 1.29 is 9.53 Å². The molecule has 0 saturated carbocycles. The summed E-state index contributed by atoms with van der Waals surface area (Å²) in [4.78, 5) is 23.1. The molecule has 1 aromatic carbocycles. The number of ether oxygens (including phenoxy) is 1. The Balaban J connectivity index is 1.51. The van der Waals surface area contributed by atoms with E-state index in [1.807, 2.05) is 36.4 Å². The normalized spacial score (nSPS) is 13.5. The van der Waals surface area contributed by atoms with Crippen molar-refractivity contribution >= 4 is 11.7 Å². The molecule has 0 saturated heterocycles. The van der Waals surface area contributed by atoms with Crippen LogP contribution in [0.2, 0.25) is 0 Å². The van der Waals surface area contributed by atoms with Gasteiger partial charge in [0.25, 0.3) is 5.91 Å². The molecule has 0 bridgehead atoms. The van der Waals surface area contributed by atoms with Gasteiger partial charge in [-0.3, -0.25) is 9.78 Å². The minimum absolute atomic E-state index is 0.0321. The molecule has 4 rings (SSSR count). The summed E-state index contributed by atoms with van der Waals surface area (Å²) in [5.74, 6) is 1.38. The number of amides is 1. The summed E-state index contributed by atoms with van der Waals surface area (Å²) in [5, 5.41) is 3.32. The third-order valence-corrected chi connectivity index (χ3v) is 4.82. The summed E-state index contributed by atoms with van der Waals surface area (Å²) in [6.07, 6.45) is 3.54. The maximum atomic E-state index is 12.5. The highest BCUT2D eigenvalue weighted by Crippen LogP contribution is 2.25. The maximum Gasteiger partial charge on any atom is 0.261 e. The first kappa shape index (κ1) is 18.0. The highest BCUT2D eigenvalue weighted by atomic mass is 16.5. The summed E-state index contributed by atoms with van der Waals surface area (Å²) >= 11 is 0. The molecule has 0 spiro atoms. The van der Waals surface area contributed by atoms with Crippen LogP contribution in [0.3, 0.4) is 0 Å². The lowest BCUT2D eigenvalue weighted by molar-refractivity contribution is -0.133. The number of hydrogen-bond donors (Lipinski definition) is 1. The fourth-order valence-corrected chi connectivity index (χ4v) is 3.16. The molecule has 6 nitrogen and oxygen atoms in total. The predicted octanol–water partition coefficient (Wildman–Crippen LogP) is 3.32. The van der Waals surface area contributed by atoms with Gasteiger partial charge < -0.3 is 15.0 Å². The topological polar surface area (TPSA) is 67.3 Å². The number of pyridine rings is 2. The Hall–Kier alpha value is -3.41. The highest BCUT2D eigenvalue weighted by molar-refractivity contribution is 5.78. The van der Waals surface area contributed by atoms with Crippen molar-refractivity contribution in [3.05, 3.63) is 83.3 Å². The molecule has 3 heterocycles. The fourth-order valence-electron chi connectivity index (χ4n) is 3.16. The number of benzene rings is 1. The van der Waals surface area contributed by atoms with Gasteiger partial charge in [0, 0.05) is 25.5 Å². The molecule has 0 atom stereocenters. The van der Waals surface area contributed by atoms with E-state index in [0.29, 0.717) is 25.4 Å². The van der Waals surface area contributed by atoms with Crippen LogP contribution in [0.4, 0.5) is 5.82 Å². The van der Waals surface area contributed by atoms with Crippen LogP contribution in [0.5, 0.6) is 5.75 Å². The number of carbonyl (C=O) groups is 1. The minimum atomic E-state index is -0.0347. The van der Waals surface area contributed by atoms with Gasteiger partial charge in [-0.25, -0.2) is 4.98 Å². The van der Waals surface area contributed by atoms with Crippen LogP contribution in [0, 0.1) is 6.92 Å². The first-order valence-electron chi connectivity index (χ1n) is 9.27. The second kappa shape index (κ2) is 8.08. The number of rotatable bonds is 5. The number of anilines is 1. The highest BCUT2D eigenvalue weighted by Gasteiger charge is 2.23. The number of nitrogens with zero attached hydrogens (tertiary/aromatic N) is 3. The van der Waals surface area contributed by atoms with Gasteiger partial charge in [-0.05, 0) is 47.9 Å². The number of nitrogens with one attached hydrogen (secondary N) is 1. The monoisotopic (exact) mass is 374 g/mol. The van der Waals surface area contributed by atoms with Crippen molar-refractivity contribution in [1.82, 2.24) is 14.9 Å². The molecule has 28 heavy (non-hydrogen) atoms. The van der Waals surface area contributed by atoms with Crippen molar-refractivity contribution in [2.75, 3.05) is 11.9 Å². The first-order valence-corrected chi connectivity index (χ1v) is 9.27. The molecule has 6 heteroatoms. The van der Waals surface area contributed by atoms with Crippen LogP contribution >= 0.6 is 0 Å². The number of fused-ring (bicyclic) bond motifs is 1. The SMILES string of the molecule is Cc1ccccc1CN1Cc2nc(NCc3ccncc3)ccc2OCC1=O. The minimum Gasteiger partial charge on any atom is -0.482 e. The Morgan fingerprint density at radius 2 is 1.93 bits per heavy atom. The largest absolute Gasteiger partial charge is 0.482 e. The number of aryl methyl sites for hydroxylation is 1. The van der Waals surface area contributed by atoms with E-state index in [1.54, 1.807) is 17.3 Å². The number of hydrogen-bond acceptors (Lipinski definition) is 5. The van der Waals surface area contributed by atoms with E-state index < -0.39 is 0 Å². The van der Waals surface area contributed by atoms with Gasteiger partial charge in [-0.2, -0.15) is 0 Å². The van der Waals surface area contributed by atoms with Crippen LogP contribution in [0.15, 0.2) is 60.9 Å². The molecule has 142 valence electrons. The van der Waals surface area contributed by atoms with Crippen molar-refractivity contribution in [1.29, 1.82) is 0 Å². The fraction of sp³-hybridized carbons (Fsp3) is 0.227. The molecule has 0 fully saturated rings. The summed E-state index contributed by atoms with van der Waals surface area (Å²) in [6.45, 7) is 3.71. The van der Waals surface area contributed by atoms with Crippen molar-refractivity contribution in [2.45, 2.75) is 26.6 Å². The van der Waals surface area contributed by atoms with Crippen molar-refractivity contribution in [3.8, 4) is 5.75 Å². The standard InChI is InChI=1S/C22H22N4O2/c1-16-4-2-3-5-18(16)13-26-14-19-20(28-15-22(26)27)6-7-21(25-19)24-12-17-8-10-23-11-9-17/h2-11H,12-15H2,1H3,(H,24,25). The van der Waals surface area contributed by atoms with Crippen LogP contribution < -0.4 is 10.1 Å². The van der Waals surface area contributed by atoms with Gasteiger partial charge in [-0.15, -0.1) is 0 Å². The Bertz CT molecular complexity index is 975. The quantitative estimate of drug-likeness (QED) is 0.742. The van der Waals surface area contributed by atoms with E-state index in [0.717, 1.165) is 22.6 Å². The van der Waals surface area contributed by atoms with Crippen molar-refractivity contribution in [2.24, 2.45) is 0 Å². The van der Waals surface area contributed by atoms with E-state index in [4.69, 9.17) is 9.72 Å². The summed E-state index contributed by atoms with van der Waals surface area (Å²) in [7, 11) is 0. The average Bonchev–Trinajstić information content (AvgIpc) is 2.87. The zero-order valence-electron chi connectivity index (χ0n) is 15.8. The molecule has 1 aliphatic rings. The van der Waals surface area contributed by atoms with Crippen molar-refractivity contribution in [3.63, 3.8) is 0 Å². The van der Waals surface area contributed by atoms with Gasteiger partial charge in [0.05, 0.1) is 6.54 Å². The molecule has 1 N–H and O–H groups in total. The number of carbonyl (C=O) groups excluding carboxylic acids is 1. The van der Waals surface area contributed by atoms with E-state index in [9.17, 15) is 4.79 Å². The zero-order valence-corrected chi connectivity index (χ0v) is 15.8. The number of aromatic nitrogens is 2. The maximum absolute atomic E-state index is 12.5. The third kappa shape index (κ3) is 4.11. The zero-order chi connectivity index (χ0) is 19.3. The lowest BCUT2D eigenvalue weighted by Crippen LogP contribution is -2.32. The molecule has 0 aliphatic carbocycles.